The van der Waals surface area contributed by atoms with Gasteiger partial charge < -0.3 is 4.42 Å². The quantitative estimate of drug-likeness (QED) is 0.410. The number of benzene rings is 4. The van der Waals surface area contributed by atoms with Crippen LogP contribution in [0.25, 0.3) is 43.8 Å². The Hall–Kier alpha value is -3.00. The third-order valence-corrected chi connectivity index (χ3v) is 4.72. The summed E-state index contributed by atoms with van der Waals surface area (Å²) >= 11 is 0. The molecule has 5 aromatic rings. The van der Waals surface area contributed by atoms with Crippen molar-refractivity contribution in [3.63, 3.8) is 0 Å². The van der Waals surface area contributed by atoms with Gasteiger partial charge in [0.25, 0.3) is 0 Å². The molecule has 0 saturated carbocycles. The molecule has 0 unspecified atom stereocenters. The molecule has 0 radical (unpaired) electrons. The molecule has 5 rings (SSSR count). The molecule has 2 heteroatoms. The molecular formula is C22H15BO. The number of furan rings is 1. The number of fused-ring (bicyclic) bond motifs is 4. The molecule has 0 aliphatic rings. The summed E-state index contributed by atoms with van der Waals surface area (Å²) in [6.07, 6.45) is 0. The molecule has 0 atom stereocenters. The van der Waals surface area contributed by atoms with E-state index in [1.807, 2.05) is 0 Å². The van der Waals surface area contributed by atoms with Crippen molar-refractivity contribution < 1.29 is 4.42 Å². The Kier molecular flexibility index (Phi) is 2.80. The van der Waals surface area contributed by atoms with Gasteiger partial charge in [-0.3, -0.25) is 0 Å². The Morgan fingerprint density at radius 2 is 1.25 bits per heavy atom. The van der Waals surface area contributed by atoms with Crippen LogP contribution in [0.5, 0.6) is 0 Å². The third-order valence-electron chi connectivity index (χ3n) is 4.72. The van der Waals surface area contributed by atoms with Crippen LogP contribution < -0.4 is 5.46 Å². The van der Waals surface area contributed by atoms with Crippen LogP contribution in [0.2, 0.25) is 0 Å². The zero-order chi connectivity index (χ0) is 16.1. The smallest absolute Gasteiger partial charge is 0.139 e. The van der Waals surface area contributed by atoms with E-state index in [2.05, 4.69) is 86.7 Å². The fraction of sp³-hybridized carbons (Fsp3) is 0. The van der Waals surface area contributed by atoms with Crippen LogP contribution in [-0.2, 0) is 0 Å². The minimum Gasteiger partial charge on any atom is -0.456 e. The van der Waals surface area contributed by atoms with Crippen LogP contribution in [-0.4, -0.2) is 7.85 Å². The molecule has 1 nitrogen and oxygen atoms in total. The first-order valence-electron chi connectivity index (χ1n) is 8.20. The van der Waals surface area contributed by atoms with Gasteiger partial charge in [-0.05, 0) is 46.2 Å². The van der Waals surface area contributed by atoms with Crippen LogP contribution in [0.1, 0.15) is 0 Å². The van der Waals surface area contributed by atoms with Gasteiger partial charge in [-0.25, -0.2) is 0 Å². The summed E-state index contributed by atoms with van der Waals surface area (Å²) in [5, 5.41) is 4.81. The summed E-state index contributed by atoms with van der Waals surface area (Å²) in [5.74, 6) is 0. The summed E-state index contributed by atoms with van der Waals surface area (Å²) in [5.41, 5.74) is 5.57. The van der Waals surface area contributed by atoms with Gasteiger partial charge in [-0.15, -0.1) is 0 Å². The highest BCUT2D eigenvalue weighted by Crippen LogP contribution is 2.34. The van der Waals surface area contributed by atoms with Crippen molar-refractivity contribution in [2.24, 2.45) is 0 Å². The van der Waals surface area contributed by atoms with E-state index >= 15 is 0 Å². The van der Waals surface area contributed by atoms with E-state index in [1.54, 1.807) is 0 Å². The third kappa shape index (κ3) is 2.04. The largest absolute Gasteiger partial charge is 0.456 e. The van der Waals surface area contributed by atoms with Crippen LogP contribution in [0.3, 0.4) is 0 Å². The molecule has 0 saturated heterocycles. The SMILES string of the molecule is Bc1ccc(-c2ccc3c(c2)oc2cc4ccccc4cc23)cc1. The minimum atomic E-state index is 0.943. The molecule has 0 fully saturated rings. The zero-order valence-electron chi connectivity index (χ0n) is 13.4. The number of hydrogen-bond donors (Lipinski definition) is 0. The van der Waals surface area contributed by atoms with Gasteiger partial charge in [0.1, 0.15) is 19.0 Å². The second-order valence-electron chi connectivity index (χ2n) is 6.37. The van der Waals surface area contributed by atoms with Crippen LogP contribution in [0.15, 0.2) is 83.3 Å². The van der Waals surface area contributed by atoms with Crippen molar-refractivity contribution in [2.75, 3.05) is 0 Å². The Morgan fingerprint density at radius 1 is 0.583 bits per heavy atom. The maximum absolute atomic E-state index is 6.15. The zero-order valence-corrected chi connectivity index (χ0v) is 13.4. The second kappa shape index (κ2) is 5.00. The predicted molar refractivity (Wildman–Crippen MR) is 105 cm³/mol. The molecule has 0 aliphatic heterocycles. The maximum Gasteiger partial charge on any atom is 0.139 e. The van der Waals surface area contributed by atoms with Crippen LogP contribution in [0, 0.1) is 0 Å². The molecule has 24 heavy (non-hydrogen) atoms. The fourth-order valence-corrected chi connectivity index (χ4v) is 3.39. The summed E-state index contributed by atoms with van der Waals surface area (Å²) < 4.78 is 6.15. The predicted octanol–water partition coefficient (Wildman–Crippen LogP) is 4.66. The summed E-state index contributed by atoms with van der Waals surface area (Å²) in [7, 11) is 2.11. The average Bonchev–Trinajstić information content (AvgIpc) is 2.97. The van der Waals surface area contributed by atoms with Crippen molar-refractivity contribution in [3.05, 3.63) is 78.9 Å². The molecule has 0 amide bonds. The van der Waals surface area contributed by atoms with Gasteiger partial charge >= 0.3 is 0 Å². The van der Waals surface area contributed by atoms with Crippen LogP contribution >= 0.6 is 0 Å². The summed E-state index contributed by atoms with van der Waals surface area (Å²) in [6, 6.07) is 27.9. The molecule has 4 aromatic carbocycles. The molecule has 0 bridgehead atoms. The molecule has 112 valence electrons. The average molecular weight is 306 g/mol. The highest BCUT2D eigenvalue weighted by atomic mass is 16.3. The van der Waals surface area contributed by atoms with E-state index in [1.165, 1.54) is 38.1 Å². The number of hydrogen-bond acceptors (Lipinski definition) is 1. The van der Waals surface area contributed by atoms with Crippen molar-refractivity contribution in [1.82, 2.24) is 0 Å². The van der Waals surface area contributed by atoms with E-state index in [9.17, 15) is 0 Å². The van der Waals surface area contributed by atoms with E-state index < -0.39 is 0 Å². The van der Waals surface area contributed by atoms with E-state index in [0.717, 1.165) is 11.2 Å². The normalized spacial score (nSPS) is 11.5. The Bertz CT molecular complexity index is 1200. The highest BCUT2D eigenvalue weighted by molar-refractivity contribution is 6.32. The van der Waals surface area contributed by atoms with Crippen molar-refractivity contribution in [3.8, 4) is 11.1 Å². The molecule has 0 spiro atoms. The molecule has 1 heterocycles. The van der Waals surface area contributed by atoms with Gasteiger partial charge in [0, 0.05) is 10.8 Å². The summed E-state index contributed by atoms with van der Waals surface area (Å²) in [4.78, 5) is 0. The van der Waals surface area contributed by atoms with Crippen molar-refractivity contribution >= 4 is 46.0 Å². The standard InChI is InChI=1S/C22H15BO/c23-18-8-5-14(6-9-18)17-7-10-19-20-11-15-3-1-2-4-16(15)12-22(20)24-21(19)13-17/h1-13H,23H2. The highest BCUT2D eigenvalue weighted by Gasteiger charge is 2.09. The first-order valence-corrected chi connectivity index (χ1v) is 8.20. The van der Waals surface area contributed by atoms with Gasteiger partial charge in [0.15, 0.2) is 0 Å². The molecular weight excluding hydrogens is 291 g/mol. The van der Waals surface area contributed by atoms with E-state index in [-0.39, 0.29) is 0 Å². The fourth-order valence-electron chi connectivity index (χ4n) is 3.39. The first-order chi connectivity index (χ1) is 11.8. The van der Waals surface area contributed by atoms with Crippen molar-refractivity contribution in [1.29, 1.82) is 0 Å². The number of rotatable bonds is 1. The van der Waals surface area contributed by atoms with Gasteiger partial charge in [0.05, 0.1) is 0 Å². The summed E-state index contributed by atoms with van der Waals surface area (Å²) in [6.45, 7) is 0. The lowest BCUT2D eigenvalue weighted by molar-refractivity contribution is 0.669. The Balaban J connectivity index is 1.76. The van der Waals surface area contributed by atoms with Crippen LogP contribution in [0.4, 0.5) is 0 Å². The minimum absolute atomic E-state index is 0.943. The topological polar surface area (TPSA) is 13.1 Å². The molecule has 0 N–H and O–H groups in total. The Morgan fingerprint density at radius 3 is 2.04 bits per heavy atom. The van der Waals surface area contributed by atoms with E-state index in [0.29, 0.717) is 0 Å². The lowest BCUT2D eigenvalue weighted by Crippen LogP contribution is -1.98. The lowest BCUT2D eigenvalue weighted by Gasteiger charge is -2.02. The first kappa shape index (κ1) is 13.4. The Labute approximate surface area is 140 Å². The monoisotopic (exact) mass is 306 g/mol. The van der Waals surface area contributed by atoms with E-state index in [4.69, 9.17) is 4.42 Å². The van der Waals surface area contributed by atoms with Gasteiger partial charge in [0.2, 0.25) is 0 Å². The van der Waals surface area contributed by atoms with Crippen molar-refractivity contribution in [2.45, 2.75) is 0 Å². The molecule has 0 aliphatic carbocycles. The maximum atomic E-state index is 6.15. The van der Waals surface area contributed by atoms with Gasteiger partial charge in [-0.2, -0.15) is 0 Å². The molecule has 1 aromatic heterocycles. The van der Waals surface area contributed by atoms with Gasteiger partial charge in [-0.1, -0.05) is 60.1 Å². The lowest BCUT2D eigenvalue weighted by atomic mass is 9.93. The second-order valence-corrected chi connectivity index (χ2v) is 6.37.